The van der Waals surface area contributed by atoms with E-state index in [4.69, 9.17) is 44.3 Å². The van der Waals surface area contributed by atoms with Crippen LogP contribution in [0.1, 0.15) is 560 Å². The van der Waals surface area contributed by atoms with Gasteiger partial charge in [-0.2, -0.15) is 0 Å². The third-order valence-corrected chi connectivity index (χ3v) is 23.5. The summed E-state index contributed by atoms with van der Waals surface area (Å²) in [6.07, 6.45) is 50.0. The molecule has 0 aromatic rings. The van der Waals surface area contributed by atoms with Gasteiger partial charge in [-0.05, 0) is 95.1 Å². The van der Waals surface area contributed by atoms with Crippen molar-refractivity contribution in [2.45, 2.75) is 579 Å². The minimum absolute atomic E-state index is 0.0454. The van der Waals surface area contributed by atoms with E-state index < -0.39 is 0 Å². The molecule has 0 saturated carbocycles. The lowest BCUT2D eigenvalue weighted by molar-refractivity contribution is -0.131. The van der Waals surface area contributed by atoms with Crippen molar-refractivity contribution in [1.82, 2.24) is 9.80 Å². The van der Waals surface area contributed by atoms with Gasteiger partial charge in [0.15, 0.2) is 34.9 Å². The van der Waals surface area contributed by atoms with Crippen molar-refractivity contribution in [3.8, 4) is 11.8 Å². The van der Waals surface area contributed by atoms with Gasteiger partial charge in [0.25, 0.3) is 0 Å². The fourth-order valence-corrected chi connectivity index (χ4v) is 13.0. The largest absolute Gasteiger partial charge is 0.396 e. The number of likely N-dealkylation sites (N-methyl/N-ethyl adjacent to an activating group) is 2. The minimum Gasteiger partial charge on any atom is -0.396 e. The zero-order chi connectivity index (χ0) is 114. The first kappa shape index (κ1) is 160. The highest BCUT2D eigenvalue weighted by Gasteiger charge is 2.32. The van der Waals surface area contributed by atoms with Crippen LogP contribution in [-0.4, -0.2) is 156 Å². The Kier molecular flexibility index (Phi) is 100. The van der Waals surface area contributed by atoms with Crippen molar-refractivity contribution in [1.29, 1.82) is 5.41 Å². The summed E-state index contributed by atoms with van der Waals surface area (Å²) in [5.74, 6) is 8.80. The molecule has 0 aromatic carbocycles. The molecule has 0 saturated heterocycles. The van der Waals surface area contributed by atoms with E-state index in [2.05, 4.69) is 88.0 Å². The maximum absolute atomic E-state index is 11.9. The monoisotopic (exact) mass is 2020 g/mol. The summed E-state index contributed by atoms with van der Waals surface area (Å²) in [5, 5.41) is 24.3. The molecule has 5 atom stereocenters. The molecule has 13 N–H and O–H groups in total. The molecule has 20 heteroatoms. The van der Waals surface area contributed by atoms with Crippen molar-refractivity contribution < 1.29 is 58.2 Å². The standard InChI is InChI=1S/C21H42O.C16H32O.C12H25NO.C12H24O.C12H20O.C10H21NO.C9H18O2.C8H17N3O.C8H17NO.C8H19NO.C6H13NO/c1-5-6-7-8-9-10-11-12-13-14-15-16-17-18-19-20(22)21(2,3)4;1-5-6-7-8-9-10-11-12-13-14-15(17)16(2,3)4;1-5-6-7-8-9-10(13)11(14)12(2,3)4;1-6-8-9-10(7-2)11(13)12(3,4)5;1-5-6-7-8-9-10-11(13)12(2,3)4;1-7(2)6-8(11)9(12)10(3,4)5;1-7(6-10)5-8(11)9(2,3)4;1-8(2,3)6(12)5-11(4)7(9)10;1-8(2,3)7(10)6-9(4)5;1-8(2,3)6-7(9)4-5-10;1-6(2,3)5(8)4-7/h5-19H2,1-4H3;5-14H2,1-4H3;10H,5-9,13H2,1-4H3;10H,6-9H2,1-5H3;5-8H2,1-4H3;7-8H,6,11H2,1-5H3;7,10H,5-6H2,1-4H3;5H2,1-4H3,(H3,9,10);6H2,1-5H3;7,10H,4-6,9H2,1-3H3;4,7H2,1-3H3/t;;;;;8-;;;;7-;/m.....0...0./s1. The SMILES string of the molecule is CC(C)(C)C(=O)CN.CC(C)(C)C[C@@H](N)CCO.CC(C)C[C@H](N)C(=O)C(C)(C)C.CC(CO)CC(=O)C(C)(C)C.CCCCC(CC)C(=O)C(C)(C)C.CCCCCC#CC(=O)C(C)(C)C.CCCCCCC(N)C(=O)C(C)(C)C.CCCCCCCCCCCC(=O)C(C)(C)C.CCCCCCCCCCCCCCCCC(=O)C(C)(C)C.CN(C)CC(=O)C(C)(C)C.CN(CC(=O)C(C)(C)C)C(=N)N. The fourth-order valence-electron chi connectivity index (χ4n) is 13.0. The van der Waals surface area contributed by atoms with Crippen LogP contribution in [0.25, 0.3) is 0 Å². The van der Waals surface area contributed by atoms with Crippen molar-refractivity contribution >= 4 is 63.8 Å². The summed E-state index contributed by atoms with van der Waals surface area (Å²) in [4.78, 5) is 118. The summed E-state index contributed by atoms with van der Waals surface area (Å²) in [7, 11) is 5.44. The lowest BCUT2D eigenvalue weighted by Gasteiger charge is -2.23. The maximum Gasteiger partial charge on any atom is 0.210 e. The van der Waals surface area contributed by atoms with E-state index in [1.807, 2.05) is 234 Å². The number of hydrogen-bond acceptors (Lipinski definition) is 18. The summed E-state index contributed by atoms with van der Waals surface area (Å²) >= 11 is 0. The molecular weight excluding hydrogens is 1770 g/mol. The highest BCUT2D eigenvalue weighted by Crippen LogP contribution is 2.29. The van der Waals surface area contributed by atoms with Gasteiger partial charge in [-0.1, -0.05) is 483 Å². The molecular formula is C122H248N8O12. The number of aliphatic hydroxyl groups excluding tert-OH is 2. The van der Waals surface area contributed by atoms with Crippen molar-refractivity contribution in [2.75, 3.05) is 54.0 Å². The third-order valence-electron chi connectivity index (χ3n) is 23.5. The van der Waals surface area contributed by atoms with Gasteiger partial charge in [0.1, 0.15) is 23.1 Å². The molecule has 0 fully saturated rings. The molecule has 0 spiro atoms. The molecule has 0 aromatic heterocycles. The Bertz CT molecular complexity index is 3210. The average Bonchev–Trinajstić information content (AvgIpc) is 0.905. The summed E-state index contributed by atoms with van der Waals surface area (Å²) in [6.45, 7) is 85.0. The van der Waals surface area contributed by atoms with Crippen molar-refractivity contribution in [2.24, 2.45) is 106 Å². The summed E-state index contributed by atoms with van der Waals surface area (Å²) in [5.41, 5.74) is 25.5. The number of hydrogen-bond donors (Lipinski definition) is 8. The molecule has 848 valence electrons. The molecule has 0 aliphatic carbocycles. The zero-order valence-corrected chi connectivity index (χ0v) is 103. The van der Waals surface area contributed by atoms with Gasteiger partial charge in [0, 0.05) is 112 Å². The van der Waals surface area contributed by atoms with Crippen LogP contribution in [0.15, 0.2) is 0 Å². The van der Waals surface area contributed by atoms with Crippen molar-refractivity contribution in [3.63, 3.8) is 0 Å². The van der Waals surface area contributed by atoms with Crippen LogP contribution in [-0.2, 0) is 47.9 Å². The molecule has 0 heterocycles. The highest BCUT2D eigenvalue weighted by atomic mass is 16.3. The second-order valence-electron chi connectivity index (χ2n) is 52.3. The first-order valence-corrected chi connectivity index (χ1v) is 56.2. The Morgan fingerprint density at radius 3 is 0.894 bits per heavy atom. The molecule has 20 nitrogen and oxygen atoms in total. The predicted molar refractivity (Wildman–Crippen MR) is 618 cm³/mol. The van der Waals surface area contributed by atoms with Gasteiger partial charge in [0.05, 0.1) is 31.7 Å². The Morgan fingerprint density at radius 2 is 0.648 bits per heavy atom. The quantitative estimate of drug-likeness (QED) is 0.00922. The van der Waals surface area contributed by atoms with Crippen molar-refractivity contribution in [3.05, 3.63) is 0 Å². The number of nitrogens with one attached hydrogen (secondary N) is 1. The highest BCUT2D eigenvalue weighted by molar-refractivity contribution is 5.99. The van der Waals surface area contributed by atoms with E-state index in [1.165, 1.54) is 185 Å². The van der Waals surface area contributed by atoms with Crippen LogP contribution >= 0.6 is 0 Å². The molecule has 0 aliphatic rings. The number of carbonyl (C=O) groups excluding carboxylic acids is 10. The van der Waals surface area contributed by atoms with E-state index >= 15 is 0 Å². The number of nitrogens with two attached hydrogens (primary N) is 5. The van der Waals surface area contributed by atoms with Gasteiger partial charge in [-0.25, -0.2) is 0 Å². The second kappa shape index (κ2) is 89.1. The van der Waals surface area contributed by atoms with E-state index in [-0.39, 0.29) is 156 Å². The molecule has 142 heavy (non-hydrogen) atoms. The van der Waals surface area contributed by atoms with Crippen LogP contribution in [0.4, 0.5) is 0 Å². The lowest BCUT2D eigenvalue weighted by Crippen LogP contribution is -2.40. The Hall–Kier alpha value is -4.75. The maximum atomic E-state index is 11.9. The molecule has 0 amide bonds. The van der Waals surface area contributed by atoms with Crippen LogP contribution < -0.4 is 28.7 Å². The molecule has 3 unspecified atom stereocenters. The zero-order valence-electron chi connectivity index (χ0n) is 103. The fraction of sp³-hybridized carbons (Fsp3) is 0.893. The lowest BCUT2D eigenvalue weighted by atomic mass is 9.80. The van der Waals surface area contributed by atoms with Gasteiger partial charge < -0.3 is 48.7 Å². The number of Topliss-reactive ketones (excluding diaryl/α,β-unsaturated/α-hetero) is 10. The molecule has 0 bridgehead atoms. The van der Waals surface area contributed by atoms with E-state index in [0.29, 0.717) is 42.2 Å². The minimum atomic E-state index is -0.357. The van der Waals surface area contributed by atoms with Gasteiger partial charge in [-0.15, -0.1) is 0 Å². The van der Waals surface area contributed by atoms with Crippen LogP contribution in [0, 0.1) is 94.6 Å². The number of ketones is 10. The van der Waals surface area contributed by atoms with Crippen LogP contribution in [0.2, 0.25) is 0 Å². The van der Waals surface area contributed by atoms with Gasteiger partial charge in [-0.3, -0.25) is 53.4 Å². The van der Waals surface area contributed by atoms with Crippen LogP contribution in [0.5, 0.6) is 0 Å². The van der Waals surface area contributed by atoms with E-state index in [9.17, 15) is 47.9 Å². The topological polar surface area (TPSA) is 372 Å². The van der Waals surface area contributed by atoms with Gasteiger partial charge in [0.2, 0.25) is 5.78 Å². The van der Waals surface area contributed by atoms with E-state index in [0.717, 1.165) is 83.5 Å². The first-order valence-electron chi connectivity index (χ1n) is 56.2. The van der Waals surface area contributed by atoms with Crippen LogP contribution in [0.3, 0.4) is 0 Å². The Morgan fingerprint density at radius 1 is 0.345 bits per heavy atom. The molecule has 0 aliphatic heterocycles. The molecule has 0 rings (SSSR count). The first-order chi connectivity index (χ1) is 64.4. The number of carbonyl (C=O) groups is 10. The smallest absolute Gasteiger partial charge is 0.210 e. The predicted octanol–water partition coefficient (Wildman–Crippen LogP) is 29.8. The number of nitrogens with zero attached hydrogens (tertiary/aromatic N) is 2. The Labute approximate surface area is 882 Å². The number of aliphatic hydroxyl groups is 2. The second-order valence-corrected chi connectivity index (χ2v) is 52.3. The number of rotatable bonds is 53. The van der Waals surface area contributed by atoms with E-state index in [1.54, 1.807) is 7.05 Å². The summed E-state index contributed by atoms with van der Waals surface area (Å²) in [6, 6.07) is -0.387. The summed E-state index contributed by atoms with van der Waals surface area (Å²) < 4.78 is 0. The average molecular weight is 2020 g/mol. The number of guanidine groups is 1. The molecule has 0 radical (unpaired) electrons. The normalized spacial score (nSPS) is 12.8. The Balaban J connectivity index is -0.000000149. The number of unbranched alkanes of at least 4 members (excludes halogenated alkanes) is 28. The van der Waals surface area contributed by atoms with Gasteiger partial charge >= 0.3 is 0 Å². The third kappa shape index (κ3) is 116.